The zero-order valence-electron chi connectivity index (χ0n) is 18.5. The highest BCUT2D eigenvalue weighted by molar-refractivity contribution is 5.75. The lowest BCUT2D eigenvalue weighted by atomic mass is 10.0. The van der Waals surface area contributed by atoms with Crippen LogP contribution < -0.4 is 4.74 Å². The van der Waals surface area contributed by atoms with Crippen molar-refractivity contribution in [3.8, 4) is 5.75 Å². The van der Waals surface area contributed by atoms with E-state index >= 15 is 0 Å². The molecule has 2 aromatic rings. The summed E-state index contributed by atoms with van der Waals surface area (Å²) in [5.41, 5.74) is -2.22. The number of carbonyl (C=O) groups excluding carboxylic acids is 1. The number of hydrogen-bond acceptors (Lipinski definition) is 4. The second-order valence-corrected chi connectivity index (χ2v) is 7.10. The summed E-state index contributed by atoms with van der Waals surface area (Å²) in [6.45, 7) is 3.96. The van der Waals surface area contributed by atoms with Gasteiger partial charge in [-0.2, -0.15) is 26.3 Å². The molecular weight excluding hydrogens is 466 g/mol. The second-order valence-electron chi connectivity index (χ2n) is 7.10. The minimum Gasteiger partial charge on any atom is -0.490 e. The second kappa shape index (κ2) is 11.9. The maximum absolute atomic E-state index is 12.9. The van der Waals surface area contributed by atoms with E-state index in [2.05, 4.69) is 0 Å². The van der Waals surface area contributed by atoms with E-state index in [1.54, 1.807) is 38.1 Å². The van der Waals surface area contributed by atoms with E-state index in [1.165, 1.54) is 6.08 Å². The number of ether oxygens (including phenoxy) is 3. The zero-order chi connectivity index (χ0) is 25.4. The Morgan fingerprint density at radius 3 is 2.00 bits per heavy atom. The van der Waals surface area contributed by atoms with Gasteiger partial charge >= 0.3 is 18.3 Å². The molecule has 2 rings (SSSR count). The Balaban J connectivity index is 2.01. The average molecular weight is 490 g/mol. The standard InChI is InChI=1S/C24H24F6O4/c1-3-32-21(22(31)33-4-2)14-16-7-9-20(10-8-16)34-11-5-6-17-12-18(23(25,26)27)15-19(13-17)24(28,29)30/h5-10,12-13,15,21H,3-4,11,14H2,1-2H3. The van der Waals surface area contributed by atoms with Gasteiger partial charge in [-0.1, -0.05) is 18.2 Å². The van der Waals surface area contributed by atoms with Crippen LogP contribution in [-0.2, 0) is 33.0 Å². The van der Waals surface area contributed by atoms with Crippen molar-refractivity contribution in [3.63, 3.8) is 0 Å². The first kappa shape index (κ1) is 27.2. The fourth-order valence-electron chi connectivity index (χ4n) is 2.99. The molecule has 0 aromatic heterocycles. The van der Waals surface area contributed by atoms with Crippen LogP contribution in [0.3, 0.4) is 0 Å². The number of hydrogen-bond donors (Lipinski definition) is 0. The van der Waals surface area contributed by atoms with Crippen molar-refractivity contribution in [1.29, 1.82) is 0 Å². The maximum Gasteiger partial charge on any atom is 0.416 e. The monoisotopic (exact) mass is 490 g/mol. The Hall–Kier alpha value is -3.01. The van der Waals surface area contributed by atoms with Gasteiger partial charge in [0.2, 0.25) is 0 Å². The van der Waals surface area contributed by atoms with Gasteiger partial charge in [0, 0.05) is 13.0 Å². The van der Waals surface area contributed by atoms with Gasteiger partial charge in [-0.3, -0.25) is 0 Å². The normalized spacial score (nSPS) is 13.2. The molecule has 0 heterocycles. The van der Waals surface area contributed by atoms with Crippen LogP contribution in [0.1, 0.15) is 36.1 Å². The van der Waals surface area contributed by atoms with E-state index in [4.69, 9.17) is 14.2 Å². The lowest BCUT2D eigenvalue weighted by Crippen LogP contribution is -2.28. The number of esters is 1. The molecule has 0 N–H and O–H groups in total. The lowest BCUT2D eigenvalue weighted by Gasteiger charge is -2.15. The van der Waals surface area contributed by atoms with E-state index in [9.17, 15) is 31.1 Å². The van der Waals surface area contributed by atoms with Gasteiger partial charge in [0.05, 0.1) is 17.7 Å². The zero-order valence-corrected chi connectivity index (χ0v) is 18.5. The molecule has 1 atom stereocenters. The van der Waals surface area contributed by atoms with Crippen molar-refractivity contribution in [3.05, 3.63) is 70.8 Å². The largest absolute Gasteiger partial charge is 0.490 e. The fourth-order valence-corrected chi connectivity index (χ4v) is 2.99. The molecule has 1 unspecified atom stereocenters. The van der Waals surface area contributed by atoms with Crippen LogP contribution in [0.5, 0.6) is 5.75 Å². The van der Waals surface area contributed by atoms with E-state index in [0.717, 1.165) is 11.6 Å². The Morgan fingerprint density at radius 1 is 0.912 bits per heavy atom. The molecule has 0 aliphatic carbocycles. The van der Waals surface area contributed by atoms with E-state index in [1.807, 2.05) is 0 Å². The highest BCUT2D eigenvalue weighted by atomic mass is 19.4. The minimum atomic E-state index is -4.91. The van der Waals surface area contributed by atoms with Crippen molar-refractivity contribution < 1.29 is 45.3 Å². The first-order valence-corrected chi connectivity index (χ1v) is 10.4. The van der Waals surface area contributed by atoms with Crippen LogP contribution in [0.2, 0.25) is 0 Å². The highest BCUT2D eigenvalue weighted by Crippen LogP contribution is 2.36. The average Bonchev–Trinajstić information content (AvgIpc) is 2.76. The van der Waals surface area contributed by atoms with Crippen molar-refractivity contribution in [1.82, 2.24) is 0 Å². The molecule has 0 saturated heterocycles. The topological polar surface area (TPSA) is 44.8 Å². The SMILES string of the molecule is CCOC(=O)C(Cc1ccc(OCC=Cc2cc(C(F)(F)F)cc(C(F)(F)F)c2)cc1)OCC. The van der Waals surface area contributed by atoms with Gasteiger partial charge in [0.15, 0.2) is 6.10 Å². The predicted octanol–water partition coefficient (Wildman–Crippen LogP) is 6.33. The van der Waals surface area contributed by atoms with Gasteiger partial charge < -0.3 is 14.2 Å². The quantitative estimate of drug-likeness (QED) is 0.289. The molecule has 0 saturated carbocycles. The number of benzene rings is 2. The fraction of sp³-hybridized carbons (Fsp3) is 0.375. The van der Waals surface area contributed by atoms with Crippen LogP contribution in [-0.4, -0.2) is 31.9 Å². The van der Waals surface area contributed by atoms with E-state index in [-0.39, 0.29) is 24.8 Å². The molecule has 0 fully saturated rings. The van der Waals surface area contributed by atoms with Gasteiger partial charge in [0.25, 0.3) is 0 Å². The third-order valence-corrected chi connectivity index (χ3v) is 4.53. The molecule has 10 heteroatoms. The molecule has 34 heavy (non-hydrogen) atoms. The Morgan fingerprint density at radius 2 is 1.50 bits per heavy atom. The van der Waals surface area contributed by atoms with Crippen LogP contribution in [0.25, 0.3) is 6.08 Å². The summed E-state index contributed by atoms with van der Waals surface area (Å²) in [6.07, 6.45) is -7.81. The molecule has 0 spiro atoms. The van der Waals surface area contributed by atoms with E-state index in [0.29, 0.717) is 30.9 Å². The molecule has 0 aliphatic rings. The first-order chi connectivity index (χ1) is 15.9. The van der Waals surface area contributed by atoms with Crippen LogP contribution in [0.15, 0.2) is 48.5 Å². The first-order valence-electron chi connectivity index (χ1n) is 10.4. The highest BCUT2D eigenvalue weighted by Gasteiger charge is 2.36. The smallest absolute Gasteiger partial charge is 0.416 e. The molecule has 186 valence electrons. The summed E-state index contributed by atoms with van der Waals surface area (Å²) >= 11 is 0. The van der Waals surface area contributed by atoms with Gasteiger partial charge in [0.1, 0.15) is 12.4 Å². The van der Waals surface area contributed by atoms with Crippen molar-refractivity contribution in [2.45, 2.75) is 38.7 Å². The summed E-state index contributed by atoms with van der Waals surface area (Å²) in [6, 6.07) is 8.04. The molecule has 0 aliphatic heterocycles. The number of rotatable bonds is 10. The Bertz CT molecular complexity index is 933. The number of carbonyl (C=O) groups is 1. The summed E-state index contributed by atoms with van der Waals surface area (Å²) in [5, 5.41) is 0. The minimum absolute atomic E-state index is 0.0768. The summed E-state index contributed by atoms with van der Waals surface area (Å²) in [5.74, 6) is -0.0318. The third-order valence-electron chi connectivity index (χ3n) is 4.53. The molecule has 0 bridgehead atoms. The third kappa shape index (κ3) is 8.40. The van der Waals surface area contributed by atoms with Crippen LogP contribution in [0.4, 0.5) is 26.3 Å². The van der Waals surface area contributed by atoms with Crippen molar-refractivity contribution in [2.24, 2.45) is 0 Å². The molecule has 0 radical (unpaired) electrons. The molecule has 0 amide bonds. The van der Waals surface area contributed by atoms with Crippen LogP contribution in [0, 0.1) is 0 Å². The number of halogens is 6. The molecule has 2 aromatic carbocycles. The van der Waals surface area contributed by atoms with Crippen molar-refractivity contribution in [2.75, 3.05) is 19.8 Å². The van der Waals surface area contributed by atoms with Gasteiger partial charge in [-0.15, -0.1) is 0 Å². The predicted molar refractivity (Wildman–Crippen MR) is 113 cm³/mol. The lowest BCUT2D eigenvalue weighted by molar-refractivity contribution is -0.156. The summed E-state index contributed by atoms with van der Waals surface area (Å²) in [4.78, 5) is 11.9. The van der Waals surface area contributed by atoms with Gasteiger partial charge in [-0.05, 0) is 61.4 Å². The Kier molecular flexibility index (Phi) is 9.55. The van der Waals surface area contributed by atoms with Crippen LogP contribution >= 0.6 is 0 Å². The van der Waals surface area contributed by atoms with E-state index < -0.39 is 35.6 Å². The maximum atomic E-state index is 12.9. The van der Waals surface area contributed by atoms with Crippen molar-refractivity contribution >= 4 is 12.0 Å². The van der Waals surface area contributed by atoms with Gasteiger partial charge in [-0.25, -0.2) is 4.79 Å². The summed E-state index contributed by atoms with van der Waals surface area (Å²) < 4.78 is 93.5. The summed E-state index contributed by atoms with van der Waals surface area (Å²) in [7, 11) is 0. The molecule has 4 nitrogen and oxygen atoms in total. The Labute approximate surface area is 193 Å². The molecular formula is C24H24F6O4. The number of alkyl halides is 6.